The van der Waals surface area contributed by atoms with E-state index in [-0.39, 0.29) is 12.4 Å². The molecule has 1 heterocycles. The molecular weight excluding hydrogens is 425 g/mol. The maximum absolute atomic E-state index is 13.2. The van der Waals surface area contributed by atoms with Gasteiger partial charge in [0, 0.05) is 25.0 Å². The van der Waals surface area contributed by atoms with E-state index < -0.39 is 0 Å². The van der Waals surface area contributed by atoms with Crippen molar-refractivity contribution in [1.82, 2.24) is 14.8 Å². The molecule has 0 amide bonds. The van der Waals surface area contributed by atoms with Crippen molar-refractivity contribution in [2.75, 3.05) is 13.7 Å². The van der Waals surface area contributed by atoms with Crippen molar-refractivity contribution in [2.45, 2.75) is 24.1 Å². The molecular formula is C25H24FN3O2S. The first kappa shape index (κ1) is 22.0. The minimum Gasteiger partial charge on any atom is -0.485 e. The lowest BCUT2D eigenvalue weighted by molar-refractivity contribution is 0.181. The zero-order valence-electron chi connectivity index (χ0n) is 17.8. The summed E-state index contributed by atoms with van der Waals surface area (Å²) in [6.07, 6.45) is 0. The first-order valence-corrected chi connectivity index (χ1v) is 11.3. The van der Waals surface area contributed by atoms with Gasteiger partial charge in [0.2, 0.25) is 0 Å². The standard InChI is InChI=1S/C25H24FN3O2S/c1-30-16-15-29-24(27-28-25(29)32-18-19-11-13-21(26)14-12-19)17-31-23-10-6-5-9-22(23)20-7-3-2-4-8-20/h2-14H,15-18H2,1H3. The summed E-state index contributed by atoms with van der Waals surface area (Å²) in [6.45, 7) is 1.45. The van der Waals surface area contributed by atoms with Crippen LogP contribution in [0.3, 0.4) is 0 Å². The molecule has 0 fully saturated rings. The molecule has 0 unspecified atom stereocenters. The van der Waals surface area contributed by atoms with E-state index in [9.17, 15) is 4.39 Å². The fraction of sp³-hybridized carbons (Fsp3) is 0.200. The SMILES string of the molecule is COCCn1c(COc2ccccc2-c2ccccc2)nnc1SCc1ccc(F)cc1. The summed E-state index contributed by atoms with van der Waals surface area (Å²) in [5.41, 5.74) is 3.15. The molecule has 0 atom stereocenters. The number of methoxy groups -OCH3 is 1. The van der Waals surface area contributed by atoms with Crippen LogP contribution in [-0.4, -0.2) is 28.5 Å². The van der Waals surface area contributed by atoms with Gasteiger partial charge >= 0.3 is 0 Å². The van der Waals surface area contributed by atoms with Crippen LogP contribution in [0, 0.1) is 5.82 Å². The molecule has 0 spiro atoms. The number of benzene rings is 3. The Morgan fingerprint density at radius 2 is 1.66 bits per heavy atom. The first-order chi connectivity index (χ1) is 15.7. The van der Waals surface area contributed by atoms with E-state index in [2.05, 4.69) is 22.3 Å². The molecule has 1 aromatic heterocycles. The van der Waals surface area contributed by atoms with Crippen molar-refractivity contribution in [3.63, 3.8) is 0 Å². The van der Waals surface area contributed by atoms with Gasteiger partial charge in [0.25, 0.3) is 0 Å². The van der Waals surface area contributed by atoms with Crippen LogP contribution in [0.2, 0.25) is 0 Å². The number of halogens is 1. The Balaban J connectivity index is 1.50. The number of rotatable bonds is 10. The van der Waals surface area contributed by atoms with Crippen molar-refractivity contribution in [1.29, 1.82) is 0 Å². The Morgan fingerprint density at radius 3 is 2.44 bits per heavy atom. The first-order valence-electron chi connectivity index (χ1n) is 10.3. The van der Waals surface area contributed by atoms with Gasteiger partial charge in [-0.15, -0.1) is 10.2 Å². The van der Waals surface area contributed by atoms with Gasteiger partial charge in [-0.1, -0.05) is 72.4 Å². The number of aromatic nitrogens is 3. The highest BCUT2D eigenvalue weighted by Gasteiger charge is 2.15. The number of hydrogen-bond donors (Lipinski definition) is 0. The summed E-state index contributed by atoms with van der Waals surface area (Å²) < 4.78 is 26.6. The molecule has 0 aliphatic heterocycles. The van der Waals surface area contributed by atoms with Crippen molar-refractivity contribution < 1.29 is 13.9 Å². The van der Waals surface area contributed by atoms with Gasteiger partial charge in [0.1, 0.15) is 18.2 Å². The molecule has 0 N–H and O–H groups in total. The van der Waals surface area contributed by atoms with Crippen molar-refractivity contribution in [3.05, 3.63) is 96.1 Å². The van der Waals surface area contributed by atoms with Crippen LogP contribution in [0.4, 0.5) is 4.39 Å². The fourth-order valence-corrected chi connectivity index (χ4v) is 4.20. The van der Waals surface area contributed by atoms with Crippen LogP contribution in [0.25, 0.3) is 11.1 Å². The molecule has 164 valence electrons. The maximum atomic E-state index is 13.2. The summed E-state index contributed by atoms with van der Waals surface area (Å²) >= 11 is 1.55. The summed E-state index contributed by atoms with van der Waals surface area (Å²) in [5, 5.41) is 9.50. The van der Waals surface area contributed by atoms with E-state index in [0.29, 0.717) is 18.9 Å². The normalized spacial score (nSPS) is 10.9. The van der Waals surface area contributed by atoms with E-state index in [0.717, 1.165) is 33.4 Å². The summed E-state index contributed by atoms with van der Waals surface area (Å²) in [5.74, 6) is 1.95. The fourth-order valence-electron chi connectivity index (χ4n) is 3.26. The highest BCUT2D eigenvalue weighted by Crippen LogP contribution is 2.30. The number of thioether (sulfide) groups is 1. The minimum atomic E-state index is -0.239. The molecule has 0 aliphatic carbocycles. The van der Waals surface area contributed by atoms with Crippen molar-refractivity contribution in [3.8, 4) is 16.9 Å². The van der Waals surface area contributed by atoms with Crippen molar-refractivity contribution >= 4 is 11.8 Å². The molecule has 0 radical (unpaired) electrons. The minimum absolute atomic E-state index is 0.239. The van der Waals surface area contributed by atoms with Gasteiger partial charge < -0.3 is 14.0 Å². The average molecular weight is 450 g/mol. The van der Waals surface area contributed by atoms with E-state index in [1.807, 2.05) is 47.0 Å². The molecule has 32 heavy (non-hydrogen) atoms. The van der Waals surface area contributed by atoms with Gasteiger partial charge in [-0.3, -0.25) is 0 Å². The van der Waals surface area contributed by atoms with E-state index in [1.165, 1.54) is 12.1 Å². The lowest BCUT2D eigenvalue weighted by Crippen LogP contribution is -2.12. The lowest BCUT2D eigenvalue weighted by atomic mass is 10.1. The molecule has 5 nitrogen and oxygen atoms in total. The molecule has 3 aromatic carbocycles. The van der Waals surface area contributed by atoms with Gasteiger partial charge in [-0.05, 0) is 29.3 Å². The zero-order chi connectivity index (χ0) is 22.2. The van der Waals surface area contributed by atoms with Crippen LogP contribution in [0.1, 0.15) is 11.4 Å². The molecule has 0 aliphatic rings. The number of ether oxygens (including phenoxy) is 2. The lowest BCUT2D eigenvalue weighted by Gasteiger charge is -2.13. The zero-order valence-corrected chi connectivity index (χ0v) is 18.6. The molecule has 7 heteroatoms. The van der Waals surface area contributed by atoms with Gasteiger partial charge in [0.05, 0.1) is 6.61 Å². The van der Waals surface area contributed by atoms with Crippen LogP contribution < -0.4 is 4.74 Å². The Labute approximate surface area is 191 Å². The number of para-hydroxylation sites is 1. The van der Waals surface area contributed by atoms with Gasteiger partial charge in [-0.25, -0.2) is 4.39 Å². The quantitative estimate of drug-likeness (QED) is 0.295. The highest BCUT2D eigenvalue weighted by molar-refractivity contribution is 7.98. The largest absolute Gasteiger partial charge is 0.485 e. The average Bonchev–Trinajstić information content (AvgIpc) is 3.23. The van der Waals surface area contributed by atoms with Crippen LogP contribution in [0.15, 0.2) is 84.0 Å². The third-order valence-corrected chi connectivity index (χ3v) is 5.96. The summed E-state index contributed by atoms with van der Waals surface area (Å²) in [4.78, 5) is 0. The van der Waals surface area contributed by atoms with Crippen molar-refractivity contribution in [2.24, 2.45) is 0 Å². The second kappa shape index (κ2) is 10.9. The Hall–Kier alpha value is -3.16. The topological polar surface area (TPSA) is 49.2 Å². The van der Waals surface area contributed by atoms with E-state index in [1.54, 1.807) is 31.0 Å². The van der Waals surface area contributed by atoms with Crippen LogP contribution in [0.5, 0.6) is 5.75 Å². The van der Waals surface area contributed by atoms with Gasteiger partial charge in [-0.2, -0.15) is 0 Å². The predicted molar refractivity (Wildman–Crippen MR) is 124 cm³/mol. The Bertz CT molecular complexity index is 1130. The van der Waals surface area contributed by atoms with Crippen LogP contribution >= 0.6 is 11.8 Å². The summed E-state index contributed by atoms with van der Waals surface area (Å²) in [6, 6.07) is 24.6. The Morgan fingerprint density at radius 1 is 0.906 bits per heavy atom. The molecule has 0 saturated heterocycles. The third-order valence-electron chi connectivity index (χ3n) is 4.92. The Kier molecular flexibility index (Phi) is 7.53. The van der Waals surface area contributed by atoms with Gasteiger partial charge in [0.15, 0.2) is 11.0 Å². The van der Waals surface area contributed by atoms with Crippen LogP contribution in [-0.2, 0) is 23.6 Å². The van der Waals surface area contributed by atoms with E-state index in [4.69, 9.17) is 9.47 Å². The molecule has 4 aromatic rings. The number of nitrogens with zero attached hydrogens (tertiary/aromatic N) is 3. The monoisotopic (exact) mass is 449 g/mol. The number of hydrogen-bond acceptors (Lipinski definition) is 5. The second-order valence-corrected chi connectivity index (χ2v) is 8.05. The summed E-state index contributed by atoms with van der Waals surface area (Å²) in [7, 11) is 1.67. The molecule has 4 rings (SSSR count). The van der Waals surface area contributed by atoms with E-state index >= 15 is 0 Å². The maximum Gasteiger partial charge on any atom is 0.191 e. The predicted octanol–water partition coefficient (Wildman–Crippen LogP) is 5.60. The molecule has 0 bridgehead atoms. The highest BCUT2D eigenvalue weighted by atomic mass is 32.2. The smallest absolute Gasteiger partial charge is 0.191 e. The third kappa shape index (κ3) is 5.55. The molecule has 0 saturated carbocycles. The second-order valence-electron chi connectivity index (χ2n) is 7.11.